The van der Waals surface area contributed by atoms with E-state index in [1.54, 1.807) is 24.3 Å². The van der Waals surface area contributed by atoms with Crippen LogP contribution in [0.4, 0.5) is 5.13 Å². The van der Waals surface area contributed by atoms with Crippen LogP contribution >= 0.6 is 23.1 Å². The summed E-state index contributed by atoms with van der Waals surface area (Å²) in [5.74, 6) is -0.484. The summed E-state index contributed by atoms with van der Waals surface area (Å²) in [4.78, 5) is 28.8. The standard InChI is InChI=1S/C39H37N3O4S2/c1-24-10-12-26(13-11-24)23-47-38-41-40-37(48-38)42-33(27-14-18-30(19-15-27)39(3,4)5)32(35(44)36(42)45)34(43)28-16-20-31(21-17-28)46-22-29-9-7-6-8-25(29)2/h6-21,33,43H,22-23H2,1-5H3/b34-32+. The molecule has 1 atom stereocenters. The molecular weight excluding hydrogens is 639 g/mol. The number of carbonyl (C=O) groups excluding carboxylic acids is 2. The van der Waals surface area contributed by atoms with Crippen LogP contribution in [0.1, 0.15) is 65.8 Å². The minimum absolute atomic E-state index is 0.00106. The summed E-state index contributed by atoms with van der Waals surface area (Å²) in [6, 6.07) is 30.1. The minimum Gasteiger partial charge on any atom is -0.507 e. The second-order valence-electron chi connectivity index (χ2n) is 12.9. The highest BCUT2D eigenvalue weighted by molar-refractivity contribution is 8.00. The molecule has 0 aliphatic carbocycles. The number of aryl methyl sites for hydroxylation is 2. The molecule has 1 saturated heterocycles. The average Bonchev–Trinajstić information content (AvgIpc) is 3.65. The van der Waals surface area contributed by atoms with Crippen molar-refractivity contribution in [2.24, 2.45) is 0 Å². The van der Waals surface area contributed by atoms with E-state index in [9.17, 15) is 14.7 Å². The van der Waals surface area contributed by atoms with Gasteiger partial charge >= 0.3 is 5.91 Å². The Morgan fingerprint density at radius 3 is 2.25 bits per heavy atom. The van der Waals surface area contributed by atoms with Gasteiger partial charge in [0.25, 0.3) is 5.78 Å². The van der Waals surface area contributed by atoms with E-state index in [0.29, 0.717) is 38.7 Å². The molecule has 1 fully saturated rings. The number of aliphatic hydroxyl groups excluding tert-OH is 1. The van der Waals surface area contributed by atoms with Crippen LogP contribution in [0, 0.1) is 13.8 Å². The highest BCUT2D eigenvalue weighted by atomic mass is 32.2. The van der Waals surface area contributed by atoms with Crippen molar-refractivity contribution in [3.05, 3.63) is 142 Å². The van der Waals surface area contributed by atoms with Gasteiger partial charge in [0.2, 0.25) is 5.13 Å². The fraction of sp³-hybridized carbons (Fsp3) is 0.231. The first-order valence-corrected chi connectivity index (χ1v) is 17.5. The number of aromatic nitrogens is 2. The molecule has 48 heavy (non-hydrogen) atoms. The molecule has 2 heterocycles. The molecule has 4 aromatic carbocycles. The van der Waals surface area contributed by atoms with Gasteiger partial charge in [-0.15, -0.1) is 10.2 Å². The van der Waals surface area contributed by atoms with E-state index in [2.05, 4.69) is 55.2 Å². The number of ether oxygens (including phenoxy) is 1. The quantitative estimate of drug-likeness (QED) is 0.0548. The molecule has 7 nitrogen and oxygen atoms in total. The van der Waals surface area contributed by atoms with Crippen molar-refractivity contribution in [2.75, 3.05) is 4.90 Å². The maximum atomic E-state index is 13.7. The zero-order chi connectivity index (χ0) is 34.0. The van der Waals surface area contributed by atoms with Crippen LogP contribution in [-0.2, 0) is 27.4 Å². The van der Waals surface area contributed by atoms with Crippen molar-refractivity contribution >= 4 is 45.7 Å². The number of nitrogens with zero attached hydrogens (tertiary/aromatic N) is 3. The number of anilines is 1. The zero-order valence-electron chi connectivity index (χ0n) is 27.6. The van der Waals surface area contributed by atoms with Crippen LogP contribution in [0.3, 0.4) is 0 Å². The summed E-state index contributed by atoms with van der Waals surface area (Å²) in [6.45, 7) is 10.9. The van der Waals surface area contributed by atoms with Gasteiger partial charge in [0.05, 0.1) is 11.6 Å². The van der Waals surface area contributed by atoms with Crippen molar-refractivity contribution in [2.45, 2.75) is 62.8 Å². The Morgan fingerprint density at radius 1 is 0.896 bits per heavy atom. The summed E-state index contributed by atoms with van der Waals surface area (Å²) in [7, 11) is 0. The first-order valence-electron chi connectivity index (χ1n) is 15.7. The number of carbonyl (C=O) groups is 2. The van der Waals surface area contributed by atoms with Crippen molar-refractivity contribution < 1.29 is 19.4 Å². The lowest BCUT2D eigenvalue weighted by Gasteiger charge is -2.24. The van der Waals surface area contributed by atoms with Gasteiger partial charge in [-0.05, 0) is 71.3 Å². The van der Waals surface area contributed by atoms with E-state index in [0.717, 1.165) is 22.3 Å². The van der Waals surface area contributed by atoms with Crippen molar-refractivity contribution in [3.63, 3.8) is 0 Å². The third-order valence-electron chi connectivity index (χ3n) is 8.41. The number of rotatable bonds is 9. The van der Waals surface area contributed by atoms with Crippen LogP contribution < -0.4 is 9.64 Å². The van der Waals surface area contributed by atoms with E-state index in [4.69, 9.17) is 4.74 Å². The van der Waals surface area contributed by atoms with Crippen LogP contribution in [0.2, 0.25) is 0 Å². The summed E-state index contributed by atoms with van der Waals surface area (Å²) < 4.78 is 6.66. The van der Waals surface area contributed by atoms with Crippen LogP contribution in [0.5, 0.6) is 5.75 Å². The number of aliphatic hydroxyl groups is 1. The number of benzene rings is 4. The van der Waals surface area contributed by atoms with Gasteiger partial charge in [0.1, 0.15) is 18.1 Å². The van der Waals surface area contributed by atoms with E-state index < -0.39 is 17.7 Å². The molecule has 5 aromatic rings. The second-order valence-corrected chi connectivity index (χ2v) is 15.1. The molecule has 1 aliphatic rings. The van der Waals surface area contributed by atoms with Gasteiger partial charge in [0.15, 0.2) is 4.34 Å². The number of amides is 1. The molecule has 1 aromatic heterocycles. The van der Waals surface area contributed by atoms with E-state index in [1.807, 2.05) is 62.4 Å². The SMILES string of the molecule is Cc1ccc(CSc2nnc(N3C(=O)C(=O)/C(=C(/O)c4ccc(OCc5ccccc5C)cc4)C3c3ccc(C(C)(C)C)cc3)s2)cc1. The topological polar surface area (TPSA) is 92.6 Å². The number of thioether (sulfide) groups is 1. The largest absolute Gasteiger partial charge is 0.507 e. The highest BCUT2D eigenvalue weighted by Gasteiger charge is 2.48. The Balaban J connectivity index is 1.32. The van der Waals surface area contributed by atoms with Crippen LogP contribution in [0.15, 0.2) is 107 Å². The lowest BCUT2D eigenvalue weighted by Crippen LogP contribution is -2.29. The van der Waals surface area contributed by atoms with Crippen molar-refractivity contribution in [1.29, 1.82) is 0 Å². The number of hydrogen-bond donors (Lipinski definition) is 1. The molecule has 244 valence electrons. The van der Waals surface area contributed by atoms with Crippen molar-refractivity contribution in [3.8, 4) is 5.75 Å². The smallest absolute Gasteiger partial charge is 0.301 e. The van der Waals surface area contributed by atoms with E-state index in [-0.39, 0.29) is 16.7 Å². The fourth-order valence-corrected chi connectivity index (χ4v) is 7.32. The highest BCUT2D eigenvalue weighted by Crippen LogP contribution is 2.44. The first kappa shape index (κ1) is 33.2. The summed E-state index contributed by atoms with van der Waals surface area (Å²) in [5.41, 5.74) is 6.66. The lowest BCUT2D eigenvalue weighted by atomic mass is 9.85. The third kappa shape index (κ3) is 7.07. The minimum atomic E-state index is -0.890. The molecule has 9 heteroatoms. The van der Waals surface area contributed by atoms with Gasteiger partial charge in [-0.25, -0.2) is 0 Å². The third-order valence-corrected chi connectivity index (χ3v) is 10.5. The van der Waals surface area contributed by atoms with Gasteiger partial charge in [-0.3, -0.25) is 14.5 Å². The predicted octanol–water partition coefficient (Wildman–Crippen LogP) is 8.95. The summed E-state index contributed by atoms with van der Waals surface area (Å²) in [6.07, 6.45) is 0. The second kappa shape index (κ2) is 13.8. The van der Waals surface area contributed by atoms with Gasteiger partial charge < -0.3 is 9.84 Å². The average molecular weight is 676 g/mol. The van der Waals surface area contributed by atoms with Crippen LogP contribution in [0.25, 0.3) is 5.76 Å². The number of ketones is 1. The summed E-state index contributed by atoms with van der Waals surface area (Å²) in [5, 5.41) is 20.7. The maximum absolute atomic E-state index is 13.7. The zero-order valence-corrected chi connectivity index (χ0v) is 29.2. The van der Waals surface area contributed by atoms with Gasteiger partial charge in [0, 0.05) is 11.3 Å². The van der Waals surface area contributed by atoms with Crippen LogP contribution in [-0.4, -0.2) is 27.0 Å². The monoisotopic (exact) mass is 675 g/mol. The summed E-state index contributed by atoms with van der Waals surface area (Å²) >= 11 is 2.77. The molecule has 1 aliphatic heterocycles. The maximum Gasteiger partial charge on any atom is 0.301 e. The normalized spacial score (nSPS) is 16.0. The molecule has 0 bridgehead atoms. The number of hydrogen-bond acceptors (Lipinski definition) is 8. The fourth-order valence-electron chi connectivity index (χ4n) is 5.50. The Kier molecular flexibility index (Phi) is 9.53. The predicted molar refractivity (Wildman–Crippen MR) is 193 cm³/mol. The molecule has 1 amide bonds. The Hall–Kier alpha value is -4.73. The van der Waals surface area contributed by atoms with E-state index in [1.165, 1.54) is 33.6 Å². The van der Waals surface area contributed by atoms with Gasteiger partial charge in [-0.1, -0.05) is 122 Å². The molecule has 0 saturated carbocycles. The molecule has 0 radical (unpaired) electrons. The molecule has 1 N–H and O–H groups in total. The Labute approximate surface area is 289 Å². The van der Waals surface area contributed by atoms with E-state index >= 15 is 0 Å². The lowest BCUT2D eigenvalue weighted by molar-refractivity contribution is -0.132. The van der Waals surface area contributed by atoms with Gasteiger partial charge in [-0.2, -0.15) is 0 Å². The molecule has 6 rings (SSSR count). The number of Topliss-reactive ketones (excluding diaryl/α,β-unsaturated/α-hetero) is 1. The Bertz CT molecular complexity index is 1980. The Morgan fingerprint density at radius 2 is 1.58 bits per heavy atom. The molecular formula is C39H37N3O4S2. The van der Waals surface area contributed by atoms with Crippen molar-refractivity contribution in [1.82, 2.24) is 10.2 Å². The first-order chi connectivity index (χ1) is 23.0. The molecule has 0 spiro atoms. The molecule has 1 unspecified atom stereocenters.